The number of hydrogen-bond donors (Lipinski definition) is 0. The molecule has 0 aromatic heterocycles. The third kappa shape index (κ3) is 0.451. The van der Waals surface area contributed by atoms with Gasteiger partial charge in [-0.15, -0.1) is 0 Å². The SMILES string of the molecule is O=C1OC(=O)[C@H]2[C@@H]3CC[C@@H]3[C@@H]12. The van der Waals surface area contributed by atoms with E-state index in [0.29, 0.717) is 11.8 Å². The van der Waals surface area contributed by atoms with E-state index in [0.717, 1.165) is 12.8 Å². The lowest BCUT2D eigenvalue weighted by molar-refractivity contribution is -0.153. The Hall–Kier alpha value is -0.860. The van der Waals surface area contributed by atoms with Crippen molar-refractivity contribution in [2.24, 2.45) is 23.7 Å². The first-order valence-corrected chi connectivity index (χ1v) is 4.04. The van der Waals surface area contributed by atoms with Crippen LogP contribution in [0.25, 0.3) is 0 Å². The van der Waals surface area contributed by atoms with Gasteiger partial charge in [-0.1, -0.05) is 0 Å². The van der Waals surface area contributed by atoms with Gasteiger partial charge in [0.2, 0.25) is 0 Å². The van der Waals surface area contributed by atoms with Gasteiger partial charge in [0.05, 0.1) is 11.8 Å². The maximum absolute atomic E-state index is 11.0. The van der Waals surface area contributed by atoms with Crippen LogP contribution in [-0.4, -0.2) is 11.9 Å². The Balaban J connectivity index is 1.96. The Morgan fingerprint density at radius 3 is 1.82 bits per heavy atom. The van der Waals surface area contributed by atoms with E-state index in [1.54, 1.807) is 0 Å². The molecule has 3 aliphatic rings. The fourth-order valence-electron chi connectivity index (χ4n) is 2.71. The molecule has 2 saturated carbocycles. The van der Waals surface area contributed by atoms with Crippen LogP contribution in [0, 0.1) is 23.7 Å². The molecule has 0 unspecified atom stereocenters. The third-order valence-corrected chi connectivity index (χ3v) is 3.44. The lowest BCUT2D eigenvalue weighted by Crippen LogP contribution is -2.54. The van der Waals surface area contributed by atoms with Gasteiger partial charge in [-0.25, -0.2) is 0 Å². The van der Waals surface area contributed by atoms with Gasteiger partial charge in [0.15, 0.2) is 0 Å². The van der Waals surface area contributed by atoms with Crippen molar-refractivity contribution in [2.75, 3.05) is 0 Å². The average molecular weight is 152 g/mol. The van der Waals surface area contributed by atoms with Crippen molar-refractivity contribution in [1.82, 2.24) is 0 Å². The van der Waals surface area contributed by atoms with E-state index in [2.05, 4.69) is 4.74 Å². The van der Waals surface area contributed by atoms with Crippen LogP contribution in [0.1, 0.15) is 12.8 Å². The van der Waals surface area contributed by atoms with Gasteiger partial charge in [-0.2, -0.15) is 0 Å². The summed E-state index contributed by atoms with van der Waals surface area (Å²) in [5.74, 6) is 0.391. The second-order valence-electron chi connectivity index (χ2n) is 3.70. The van der Waals surface area contributed by atoms with Crippen molar-refractivity contribution in [3.05, 3.63) is 0 Å². The molecule has 4 atom stereocenters. The van der Waals surface area contributed by atoms with Crippen LogP contribution in [0.5, 0.6) is 0 Å². The molecule has 1 saturated heterocycles. The molecule has 3 nitrogen and oxygen atoms in total. The smallest absolute Gasteiger partial charge is 0.317 e. The molecule has 3 heteroatoms. The second-order valence-corrected chi connectivity index (χ2v) is 3.70. The maximum Gasteiger partial charge on any atom is 0.317 e. The van der Waals surface area contributed by atoms with E-state index in [9.17, 15) is 9.59 Å². The van der Waals surface area contributed by atoms with Gasteiger partial charge in [-0.3, -0.25) is 9.59 Å². The second kappa shape index (κ2) is 1.49. The number of rotatable bonds is 0. The highest BCUT2D eigenvalue weighted by molar-refractivity contribution is 5.98. The highest BCUT2D eigenvalue weighted by atomic mass is 16.6. The summed E-state index contributed by atoms with van der Waals surface area (Å²) in [6.45, 7) is 0. The van der Waals surface area contributed by atoms with Crippen LogP contribution in [0.4, 0.5) is 0 Å². The van der Waals surface area contributed by atoms with Gasteiger partial charge < -0.3 is 4.74 Å². The van der Waals surface area contributed by atoms with Crippen LogP contribution in [0.3, 0.4) is 0 Å². The van der Waals surface area contributed by atoms with Crippen molar-refractivity contribution in [3.63, 3.8) is 0 Å². The molecule has 11 heavy (non-hydrogen) atoms. The van der Waals surface area contributed by atoms with Gasteiger partial charge in [0.1, 0.15) is 0 Å². The minimum atomic E-state index is -0.263. The first-order chi connectivity index (χ1) is 5.29. The summed E-state index contributed by atoms with van der Waals surface area (Å²) in [7, 11) is 0. The van der Waals surface area contributed by atoms with Crippen LogP contribution < -0.4 is 0 Å². The Labute approximate surface area is 63.7 Å². The minimum absolute atomic E-state index is 0.0405. The van der Waals surface area contributed by atoms with Crippen molar-refractivity contribution >= 4 is 11.9 Å². The standard InChI is InChI=1S/C8H8O3/c9-7-5-3-1-2-4(3)6(5)8(10)11-7/h3-6H,1-2H2/t3-,4+,5+,6-. The van der Waals surface area contributed by atoms with Gasteiger partial charge in [-0.05, 0) is 24.7 Å². The molecular weight excluding hydrogens is 144 g/mol. The summed E-state index contributed by atoms with van der Waals surface area (Å²) in [6.07, 6.45) is 2.24. The van der Waals surface area contributed by atoms with Crippen LogP contribution in [-0.2, 0) is 14.3 Å². The van der Waals surface area contributed by atoms with Gasteiger partial charge >= 0.3 is 11.9 Å². The number of hydrogen-bond acceptors (Lipinski definition) is 3. The molecule has 0 N–H and O–H groups in total. The van der Waals surface area contributed by atoms with Crippen LogP contribution in [0.15, 0.2) is 0 Å². The first kappa shape index (κ1) is 5.75. The van der Waals surface area contributed by atoms with E-state index in [4.69, 9.17) is 0 Å². The van der Waals surface area contributed by atoms with Crippen molar-refractivity contribution in [3.8, 4) is 0 Å². The Morgan fingerprint density at radius 1 is 1.00 bits per heavy atom. The van der Waals surface area contributed by atoms with E-state index in [1.807, 2.05) is 0 Å². The zero-order valence-corrected chi connectivity index (χ0v) is 5.95. The number of ether oxygens (including phenoxy) is 1. The summed E-state index contributed by atoms with van der Waals surface area (Å²) in [5.41, 5.74) is 0. The zero-order chi connectivity index (χ0) is 7.59. The summed E-state index contributed by atoms with van der Waals surface area (Å²) in [5, 5.41) is 0. The largest absolute Gasteiger partial charge is 0.393 e. The Bertz CT molecular complexity index is 232. The van der Waals surface area contributed by atoms with E-state index in [-0.39, 0.29) is 23.8 Å². The van der Waals surface area contributed by atoms with Crippen LogP contribution >= 0.6 is 0 Å². The van der Waals surface area contributed by atoms with E-state index < -0.39 is 0 Å². The molecule has 0 aromatic rings. The molecule has 0 aromatic carbocycles. The fourth-order valence-corrected chi connectivity index (χ4v) is 2.71. The molecule has 0 spiro atoms. The third-order valence-electron chi connectivity index (χ3n) is 3.44. The van der Waals surface area contributed by atoms with Crippen molar-refractivity contribution in [2.45, 2.75) is 12.8 Å². The van der Waals surface area contributed by atoms with Gasteiger partial charge in [0.25, 0.3) is 0 Å². The number of esters is 2. The topological polar surface area (TPSA) is 43.4 Å². The van der Waals surface area contributed by atoms with Crippen molar-refractivity contribution < 1.29 is 14.3 Å². The predicted octanol–water partition coefficient (Wildman–Crippen LogP) is 0.342. The minimum Gasteiger partial charge on any atom is -0.393 e. The number of cyclic esters (lactones) is 2. The number of carbonyl (C=O) groups is 2. The molecule has 0 radical (unpaired) electrons. The average Bonchev–Trinajstić information content (AvgIpc) is 2.11. The molecule has 58 valence electrons. The van der Waals surface area contributed by atoms with E-state index >= 15 is 0 Å². The fraction of sp³-hybridized carbons (Fsp3) is 0.750. The Kier molecular flexibility index (Phi) is 0.780. The highest BCUT2D eigenvalue weighted by Crippen LogP contribution is 2.61. The van der Waals surface area contributed by atoms with E-state index in [1.165, 1.54) is 0 Å². The normalized spacial score (nSPS) is 52.0. The molecule has 1 aliphatic heterocycles. The lowest BCUT2D eigenvalue weighted by atomic mass is 9.48. The molecule has 2 aliphatic carbocycles. The lowest BCUT2D eigenvalue weighted by Gasteiger charge is -2.52. The van der Waals surface area contributed by atoms with Crippen LogP contribution in [0.2, 0.25) is 0 Å². The number of carbonyl (C=O) groups excluding carboxylic acids is 2. The molecule has 0 bridgehead atoms. The predicted molar refractivity (Wildman–Crippen MR) is 34.3 cm³/mol. The summed E-state index contributed by atoms with van der Waals surface area (Å²) >= 11 is 0. The summed E-state index contributed by atoms with van der Waals surface area (Å²) < 4.78 is 4.55. The molecule has 3 rings (SSSR count). The summed E-state index contributed by atoms with van der Waals surface area (Å²) in [6, 6.07) is 0. The quantitative estimate of drug-likeness (QED) is 0.371. The zero-order valence-electron chi connectivity index (χ0n) is 5.95. The molecule has 1 heterocycles. The monoisotopic (exact) mass is 152 g/mol. The summed E-state index contributed by atoms with van der Waals surface area (Å²) in [4.78, 5) is 22.0. The molecule has 3 fully saturated rings. The molecule has 0 amide bonds. The number of fused-ring (bicyclic) bond motifs is 4. The van der Waals surface area contributed by atoms with Crippen molar-refractivity contribution in [1.29, 1.82) is 0 Å². The highest BCUT2D eigenvalue weighted by Gasteiger charge is 2.66. The Morgan fingerprint density at radius 2 is 1.45 bits per heavy atom. The molecular formula is C8H8O3. The maximum atomic E-state index is 11.0. The first-order valence-electron chi connectivity index (χ1n) is 4.04. The van der Waals surface area contributed by atoms with Gasteiger partial charge in [0, 0.05) is 0 Å².